The zero-order valence-corrected chi connectivity index (χ0v) is 11.4. The molecule has 3 nitrogen and oxygen atoms in total. The molecule has 1 aliphatic carbocycles. The second-order valence-electron chi connectivity index (χ2n) is 5.47. The van der Waals surface area contributed by atoms with Gasteiger partial charge in [-0.1, -0.05) is 6.42 Å². The summed E-state index contributed by atoms with van der Waals surface area (Å²) in [6.45, 7) is 2.71. The SMILES string of the molecule is O=C(NCCc1ccsc1)N1CC2CCCC2C1. The van der Waals surface area contributed by atoms with Gasteiger partial charge in [0.1, 0.15) is 0 Å². The molecule has 2 amide bonds. The zero-order chi connectivity index (χ0) is 12.4. The lowest BCUT2D eigenvalue weighted by Crippen LogP contribution is -2.39. The van der Waals surface area contributed by atoms with Gasteiger partial charge in [0.2, 0.25) is 0 Å². The molecule has 0 spiro atoms. The van der Waals surface area contributed by atoms with Crippen molar-refractivity contribution in [3.63, 3.8) is 0 Å². The second kappa shape index (κ2) is 5.31. The van der Waals surface area contributed by atoms with Gasteiger partial charge in [-0.15, -0.1) is 0 Å². The average Bonchev–Trinajstić information content (AvgIpc) is 3.04. The van der Waals surface area contributed by atoms with E-state index in [4.69, 9.17) is 0 Å². The molecule has 0 radical (unpaired) electrons. The highest BCUT2D eigenvalue weighted by atomic mass is 32.1. The maximum Gasteiger partial charge on any atom is 0.317 e. The van der Waals surface area contributed by atoms with Gasteiger partial charge in [-0.2, -0.15) is 11.3 Å². The number of rotatable bonds is 3. The highest BCUT2D eigenvalue weighted by Gasteiger charge is 2.37. The van der Waals surface area contributed by atoms with Crippen LogP contribution < -0.4 is 5.32 Å². The molecule has 0 bridgehead atoms. The molecule has 1 aliphatic heterocycles. The number of hydrogen-bond acceptors (Lipinski definition) is 2. The third-order valence-corrected chi connectivity index (χ3v) is 5.02. The molecule has 3 rings (SSSR count). The first kappa shape index (κ1) is 12.0. The third-order valence-electron chi connectivity index (χ3n) is 4.28. The number of hydrogen-bond donors (Lipinski definition) is 1. The van der Waals surface area contributed by atoms with Gasteiger partial charge < -0.3 is 10.2 Å². The van der Waals surface area contributed by atoms with Crippen LogP contribution in [0.3, 0.4) is 0 Å². The van der Waals surface area contributed by atoms with Gasteiger partial charge in [-0.3, -0.25) is 0 Å². The Balaban J connectivity index is 1.42. The van der Waals surface area contributed by atoms with Crippen molar-refractivity contribution in [1.82, 2.24) is 10.2 Å². The van der Waals surface area contributed by atoms with Gasteiger partial charge >= 0.3 is 6.03 Å². The standard InChI is InChI=1S/C14H20N2OS/c17-14(15-6-4-11-5-7-18-10-11)16-8-12-2-1-3-13(12)9-16/h5,7,10,12-13H,1-4,6,8-9H2,(H,15,17). The second-order valence-corrected chi connectivity index (χ2v) is 6.25. The largest absolute Gasteiger partial charge is 0.338 e. The number of fused-ring (bicyclic) bond motifs is 1. The van der Waals surface area contributed by atoms with Crippen LogP contribution >= 0.6 is 11.3 Å². The summed E-state index contributed by atoms with van der Waals surface area (Å²) in [7, 11) is 0. The van der Waals surface area contributed by atoms with Crippen molar-refractivity contribution < 1.29 is 4.79 Å². The van der Waals surface area contributed by atoms with E-state index < -0.39 is 0 Å². The Kier molecular flexibility index (Phi) is 3.55. The Bertz CT molecular complexity index is 392. The first-order valence-electron chi connectivity index (χ1n) is 6.87. The van der Waals surface area contributed by atoms with Crippen molar-refractivity contribution in [2.45, 2.75) is 25.7 Å². The summed E-state index contributed by atoms with van der Waals surface area (Å²) in [4.78, 5) is 14.0. The minimum absolute atomic E-state index is 0.139. The van der Waals surface area contributed by atoms with Gasteiger partial charge in [0, 0.05) is 19.6 Å². The van der Waals surface area contributed by atoms with Crippen LogP contribution in [0.25, 0.3) is 0 Å². The van der Waals surface area contributed by atoms with E-state index in [-0.39, 0.29) is 6.03 Å². The lowest BCUT2D eigenvalue weighted by Gasteiger charge is -2.17. The molecule has 1 aromatic heterocycles. The van der Waals surface area contributed by atoms with E-state index in [0.29, 0.717) is 0 Å². The maximum absolute atomic E-state index is 12.0. The van der Waals surface area contributed by atoms with Crippen LogP contribution in [0.1, 0.15) is 24.8 Å². The number of nitrogens with one attached hydrogen (secondary N) is 1. The summed E-state index contributed by atoms with van der Waals surface area (Å²) in [5.41, 5.74) is 1.32. The highest BCUT2D eigenvalue weighted by Crippen LogP contribution is 2.37. The fourth-order valence-corrected chi connectivity index (χ4v) is 3.96. The predicted molar refractivity (Wildman–Crippen MR) is 73.8 cm³/mol. The number of thiophene rings is 1. The molecular formula is C14H20N2OS. The Hall–Kier alpha value is -1.03. The van der Waals surface area contributed by atoms with E-state index in [1.54, 1.807) is 11.3 Å². The summed E-state index contributed by atoms with van der Waals surface area (Å²) in [5, 5.41) is 7.27. The van der Waals surface area contributed by atoms with Crippen molar-refractivity contribution in [1.29, 1.82) is 0 Å². The molecule has 1 N–H and O–H groups in total. The van der Waals surface area contributed by atoms with Gasteiger partial charge in [0.05, 0.1) is 0 Å². The predicted octanol–water partition coefficient (Wildman–Crippen LogP) is 2.73. The number of urea groups is 1. The number of nitrogens with zero attached hydrogens (tertiary/aromatic N) is 1. The van der Waals surface area contributed by atoms with E-state index in [0.717, 1.165) is 37.9 Å². The monoisotopic (exact) mass is 264 g/mol. The van der Waals surface area contributed by atoms with E-state index in [1.165, 1.54) is 24.8 Å². The molecule has 4 heteroatoms. The number of carbonyl (C=O) groups excluding carboxylic acids is 1. The molecule has 1 aromatic rings. The van der Waals surface area contributed by atoms with E-state index in [1.807, 2.05) is 4.90 Å². The minimum Gasteiger partial charge on any atom is -0.338 e. The number of carbonyl (C=O) groups is 1. The molecule has 2 heterocycles. The summed E-state index contributed by atoms with van der Waals surface area (Å²) >= 11 is 1.71. The van der Waals surface area contributed by atoms with E-state index in [9.17, 15) is 4.79 Å². The van der Waals surface area contributed by atoms with Crippen molar-refractivity contribution >= 4 is 17.4 Å². The summed E-state index contributed by atoms with van der Waals surface area (Å²) < 4.78 is 0. The summed E-state index contributed by atoms with van der Waals surface area (Å²) in [6, 6.07) is 2.26. The van der Waals surface area contributed by atoms with Crippen molar-refractivity contribution in [2.75, 3.05) is 19.6 Å². The Labute approximate surface area is 112 Å². The number of likely N-dealkylation sites (tertiary alicyclic amines) is 1. The van der Waals surface area contributed by atoms with E-state index in [2.05, 4.69) is 22.1 Å². The fourth-order valence-electron chi connectivity index (χ4n) is 3.26. The maximum atomic E-state index is 12.0. The molecule has 98 valence electrons. The third kappa shape index (κ3) is 2.53. The Morgan fingerprint density at radius 2 is 2.17 bits per heavy atom. The topological polar surface area (TPSA) is 32.3 Å². The van der Waals surface area contributed by atoms with Crippen molar-refractivity contribution in [2.24, 2.45) is 11.8 Å². The normalized spacial score (nSPS) is 26.3. The van der Waals surface area contributed by atoms with Crippen LogP contribution in [0, 0.1) is 11.8 Å². The molecule has 2 fully saturated rings. The van der Waals surface area contributed by atoms with Crippen molar-refractivity contribution in [3.8, 4) is 0 Å². The van der Waals surface area contributed by atoms with Crippen LogP contribution in [-0.4, -0.2) is 30.6 Å². The Morgan fingerprint density at radius 1 is 1.39 bits per heavy atom. The first-order valence-corrected chi connectivity index (χ1v) is 7.81. The van der Waals surface area contributed by atoms with Crippen LogP contribution in [0.5, 0.6) is 0 Å². The molecule has 2 aliphatic rings. The minimum atomic E-state index is 0.139. The number of amides is 2. The molecule has 18 heavy (non-hydrogen) atoms. The molecule has 2 unspecified atom stereocenters. The lowest BCUT2D eigenvalue weighted by molar-refractivity contribution is 0.205. The quantitative estimate of drug-likeness (QED) is 0.894. The molecule has 1 saturated heterocycles. The van der Waals surface area contributed by atoms with Crippen LogP contribution in [0.2, 0.25) is 0 Å². The zero-order valence-electron chi connectivity index (χ0n) is 10.6. The van der Waals surface area contributed by atoms with Crippen LogP contribution in [-0.2, 0) is 6.42 Å². The molecule has 2 atom stereocenters. The molecule has 0 aromatic carbocycles. The van der Waals surface area contributed by atoms with Gasteiger partial charge in [-0.25, -0.2) is 4.79 Å². The van der Waals surface area contributed by atoms with E-state index >= 15 is 0 Å². The van der Waals surface area contributed by atoms with Crippen LogP contribution in [0.4, 0.5) is 4.79 Å². The van der Waals surface area contributed by atoms with Crippen LogP contribution in [0.15, 0.2) is 16.8 Å². The lowest BCUT2D eigenvalue weighted by atomic mass is 10.0. The molecular weight excluding hydrogens is 244 g/mol. The Morgan fingerprint density at radius 3 is 2.83 bits per heavy atom. The van der Waals surface area contributed by atoms with Crippen molar-refractivity contribution in [3.05, 3.63) is 22.4 Å². The summed E-state index contributed by atoms with van der Waals surface area (Å²) in [6.07, 6.45) is 4.95. The van der Waals surface area contributed by atoms with Gasteiger partial charge in [0.25, 0.3) is 0 Å². The average molecular weight is 264 g/mol. The smallest absolute Gasteiger partial charge is 0.317 e. The fraction of sp³-hybridized carbons (Fsp3) is 0.643. The van der Waals surface area contributed by atoms with Gasteiger partial charge in [0.15, 0.2) is 0 Å². The van der Waals surface area contributed by atoms with Gasteiger partial charge in [-0.05, 0) is 53.5 Å². The molecule has 1 saturated carbocycles. The first-order chi connectivity index (χ1) is 8.83. The summed E-state index contributed by atoms with van der Waals surface area (Å²) in [5.74, 6) is 1.57. The highest BCUT2D eigenvalue weighted by molar-refractivity contribution is 7.07.